The Morgan fingerprint density at radius 3 is 2.75 bits per heavy atom. The summed E-state index contributed by atoms with van der Waals surface area (Å²) in [5.74, 6) is 1.70. The van der Waals surface area contributed by atoms with E-state index in [0.29, 0.717) is 11.7 Å². The van der Waals surface area contributed by atoms with Gasteiger partial charge in [0, 0.05) is 12.3 Å². The van der Waals surface area contributed by atoms with Crippen LogP contribution in [0, 0.1) is 11.8 Å². The summed E-state index contributed by atoms with van der Waals surface area (Å²) in [5.41, 5.74) is 3.24. The molecule has 1 heteroatoms. The summed E-state index contributed by atoms with van der Waals surface area (Å²) in [5, 5.41) is 0. The standard InChI is InChI=1S/C11H14O/c12-10-6-8-5-7-3-1-2-4-9(7)11(8)10/h8,11H,1-6H2. The van der Waals surface area contributed by atoms with Crippen LogP contribution >= 0.6 is 0 Å². The second-order valence-electron chi connectivity index (χ2n) is 4.45. The lowest BCUT2D eigenvalue weighted by Gasteiger charge is -2.31. The highest BCUT2D eigenvalue weighted by Crippen LogP contribution is 2.52. The zero-order valence-electron chi connectivity index (χ0n) is 7.31. The molecule has 0 aromatic carbocycles. The third kappa shape index (κ3) is 0.720. The quantitative estimate of drug-likeness (QED) is 0.500. The number of fused-ring (bicyclic) bond motifs is 2. The molecule has 1 nitrogen and oxygen atoms in total. The molecule has 0 radical (unpaired) electrons. The van der Waals surface area contributed by atoms with Crippen molar-refractivity contribution in [3.63, 3.8) is 0 Å². The van der Waals surface area contributed by atoms with Crippen molar-refractivity contribution in [2.75, 3.05) is 0 Å². The van der Waals surface area contributed by atoms with E-state index in [1.165, 1.54) is 32.1 Å². The molecular weight excluding hydrogens is 148 g/mol. The first kappa shape index (κ1) is 6.88. The fourth-order valence-corrected chi connectivity index (χ4v) is 3.19. The lowest BCUT2D eigenvalue weighted by molar-refractivity contribution is -0.131. The fraction of sp³-hybridized carbons (Fsp3) is 0.727. The molecular formula is C11H14O. The van der Waals surface area contributed by atoms with Crippen LogP contribution in [-0.2, 0) is 4.79 Å². The van der Waals surface area contributed by atoms with Gasteiger partial charge in [-0.05, 0) is 38.0 Å². The van der Waals surface area contributed by atoms with Gasteiger partial charge in [-0.25, -0.2) is 0 Å². The Hall–Kier alpha value is -0.590. The topological polar surface area (TPSA) is 17.1 Å². The normalized spacial score (nSPS) is 39.2. The summed E-state index contributed by atoms with van der Waals surface area (Å²) in [6.45, 7) is 0. The van der Waals surface area contributed by atoms with E-state index in [1.807, 2.05) is 0 Å². The highest BCUT2D eigenvalue weighted by molar-refractivity contribution is 5.91. The minimum Gasteiger partial charge on any atom is -0.299 e. The van der Waals surface area contributed by atoms with Gasteiger partial charge >= 0.3 is 0 Å². The second-order valence-corrected chi connectivity index (χ2v) is 4.45. The first-order chi connectivity index (χ1) is 5.86. The fourth-order valence-electron chi connectivity index (χ4n) is 3.19. The zero-order valence-corrected chi connectivity index (χ0v) is 7.31. The maximum Gasteiger partial charge on any atom is 0.140 e. The Morgan fingerprint density at radius 2 is 1.92 bits per heavy atom. The average molecular weight is 162 g/mol. The third-order valence-electron chi connectivity index (χ3n) is 3.79. The van der Waals surface area contributed by atoms with Gasteiger partial charge < -0.3 is 0 Å². The molecule has 0 amide bonds. The van der Waals surface area contributed by atoms with E-state index < -0.39 is 0 Å². The molecule has 3 rings (SSSR count). The summed E-state index contributed by atoms with van der Waals surface area (Å²) < 4.78 is 0. The lowest BCUT2D eigenvalue weighted by atomic mass is 9.71. The minimum atomic E-state index is 0.417. The third-order valence-corrected chi connectivity index (χ3v) is 3.79. The molecule has 0 spiro atoms. The van der Waals surface area contributed by atoms with Crippen LogP contribution in [0.3, 0.4) is 0 Å². The number of carbonyl (C=O) groups is 1. The van der Waals surface area contributed by atoms with Crippen molar-refractivity contribution in [2.24, 2.45) is 11.8 Å². The zero-order chi connectivity index (χ0) is 8.13. The van der Waals surface area contributed by atoms with E-state index in [2.05, 4.69) is 0 Å². The SMILES string of the molecule is O=C1CC2CC3=C(CCCC3)C12. The molecule has 0 aromatic rings. The molecule has 0 bridgehead atoms. The maximum atomic E-state index is 11.3. The number of Topliss-reactive ketones (excluding diaryl/α,β-unsaturated/α-hetero) is 1. The Morgan fingerprint density at radius 1 is 1.08 bits per heavy atom. The van der Waals surface area contributed by atoms with E-state index in [0.717, 1.165) is 12.3 Å². The van der Waals surface area contributed by atoms with Gasteiger partial charge in [0.05, 0.1) is 0 Å². The van der Waals surface area contributed by atoms with E-state index in [-0.39, 0.29) is 0 Å². The van der Waals surface area contributed by atoms with Gasteiger partial charge in [0.25, 0.3) is 0 Å². The number of ketones is 1. The summed E-state index contributed by atoms with van der Waals surface area (Å²) >= 11 is 0. The molecule has 1 saturated carbocycles. The molecule has 2 unspecified atom stereocenters. The van der Waals surface area contributed by atoms with Gasteiger partial charge in [0.15, 0.2) is 0 Å². The number of rotatable bonds is 0. The molecule has 0 aromatic heterocycles. The van der Waals surface area contributed by atoms with Crippen LogP contribution in [0.15, 0.2) is 11.1 Å². The van der Waals surface area contributed by atoms with Crippen LogP contribution in [0.4, 0.5) is 0 Å². The smallest absolute Gasteiger partial charge is 0.140 e. The second kappa shape index (κ2) is 2.21. The highest BCUT2D eigenvalue weighted by atomic mass is 16.1. The molecule has 0 N–H and O–H groups in total. The number of carbonyl (C=O) groups excluding carboxylic acids is 1. The molecule has 0 heterocycles. The van der Waals surface area contributed by atoms with Gasteiger partial charge in [-0.15, -0.1) is 0 Å². The Balaban J connectivity index is 1.95. The maximum absolute atomic E-state index is 11.3. The van der Waals surface area contributed by atoms with Crippen molar-refractivity contribution >= 4 is 5.78 Å². The molecule has 1 fully saturated rings. The summed E-state index contributed by atoms with van der Waals surface area (Å²) in [4.78, 5) is 11.3. The Labute approximate surface area is 72.8 Å². The van der Waals surface area contributed by atoms with Crippen molar-refractivity contribution in [1.29, 1.82) is 0 Å². The molecule has 0 saturated heterocycles. The number of hydrogen-bond acceptors (Lipinski definition) is 1. The molecule has 12 heavy (non-hydrogen) atoms. The molecule has 3 aliphatic carbocycles. The van der Waals surface area contributed by atoms with E-state index in [4.69, 9.17) is 0 Å². The van der Waals surface area contributed by atoms with E-state index >= 15 is 0 Å². The van der Waals surface area contributed by atoms with Crippen molar-refractivity contribution in [3.8, 4) is 0 Å². The Kier molecular flexibility index (Phi) is 1.27. The van der Waals surface area contributed by atoms with E-state index in [1.54, 1.807) is 11.1 Å². The predicted octanol–water partition coefficient (Wildman–Crippen LogP) is 2.47. The van der Waals surface area contributed by atoms with Crippen LogP contribution in [0.1, 0.15) is 38.5 Å². The minimum absolute atomic E-state index is 0.417. The highest BCUT2D eigenvalue weighted by Gasteiger charge is 2.47. The van der Waals surface area contributed by atoms with Gasteiger partial charge in [0.2, 0.25) is 0 Å². The molecule has 0 aliphatic heterocycles. The summed E-state index contributed by atoms with van der Waals surface area (Å²) in [6.07, 6.45) is 7.39. The molecule has 2 atom stereocenters. The predicted molar refractivity (Wildman–Crippen MR) is 46.7 cm³/mol. The van der Waals surface area contributed by atoms with Crippen molar-refractivity contribution in [2.45, 2.75) is 38.5 Å². The van der Waals surface area contributed by atoms with Crippen molar-refractivity contribution in [1.82, 2.24) is 0 Å². The first-order valence-corrected chi connectivity index (χ1v) is 5.10. The van der Waals surface area contributed by atoms with Crippen LogP contribution in [0.5, 0.6) is 0 Å². The monoisotopic (exact) mass is 162 g/mol. The van der Waals surface area contributed by atoms with Crippen LogP contribution in [-0.4, -0.2) is 5.78 Å². The van der Waals surface area contributed by atoms with Crippen molar-refractivity contribution < 1.29 is 4.79 Å². The summed E-state index contributed by atoms with van der Waals surface area (Å²) in [7, 11) is 0. The largest absolute Gasteiger partial charge is 0.299 e. The lowest BCUT2D eigenvalue weighted by Crippen LogP contribution is -2.34. The van der Waals surface area contributed by atoms with Crippen LogP contribution in [0.2, 0.25) is 0 Å². The van der Waals surface area contributed by atoms with Crippen LogP contribution < -0.4 is 0 Å². The molecule has 64 valence electrons. The van der Waals surface area contributed by atoms with Gasteiger partial charge in [0.1, 0.15) is 5.78 Å². The van der Waals surface area contributed by atoms with Gasteiger partial charge in [-0.3, -0.25) is 4.79 Å². The van der Waals surface area contributed by atoms with Gasteiger partial charge in [-0.1, -0.05) is 11.1 Å². The number of allylic oxidation sites excluding steroid dienone is 2. The van der Waals surface area contributed by atoms with Crippen molar-refractivity contribution in [3.05, 3.63) is 11.1 Å². The van der Waals surface area contributed by atoms with Gasteiger partial charge in [-0.2, -0.15) is 0 Å². The number of hydrogen-bond donors (Lipinski definition) is 0. The van der Waals surface area contributed by atoms with Crippen LogP contribution in [0.25, 0.3) is 0 Å². The first-order valence-electron chi connectivity index (χ1n) is 5.10. The summed E-state index contributed by atoms with van der Waals surface area (Å²) in [6, 6.07) is 0. The Bertz CT molecular complexity index is 275. The molecule has 3 aliphatic rings. The average Bonchev–Trinajstić information content (AvgIpc) is 2.35. The van der Waals surface area contributed by atoms with E-state index in [9.17, 15) is 4.79 Å².